The molecule has 2 heterocycles. The van der Waals surface area contributed by atoms with E-state index in [2.05, 4.69) is 11.9 Å². The summed E-state index contributed by atoms with van der Waals surface area (Å²) in [5.41, 5.74) is 0.329. The third-order valence-corrected chi connectivity index (χ3v) is 3.97. The molecule has 0 atom stereocenters. The van der Waals surface area contributed by atoms with Crippen LogP contribution in [0.15, 0.2) is 0 Å². The average Bonchev–Trinajstić information content (AvgIpc) is 2.13. The minimum absolute atomic E-state index is 0.315. The molecule has 2 aliphatic rings. The third-order valence-electron chi connectivity index (χ3n) is 3.97. The first-order valence-corrected chi connectivity index (χ1v) is 5.64. The van der Waals surface area contributed by atoms with Crippen LogP contribution in [0, 0.1) is 11.3 Å². The first kappa shape index (κ1) is 10.4. The molecule has 2 rings (SSSR count). The number of piperidine rings is 1. The molecule has 3 nitrogen and oxygen atoms in total. The lowest BCUT2D eigenvalue weighted by molar-refractivity contribution is -0.163. The van der Waals surface area contributed by atoms with Crippen LogP contribution in [-0.4, -0.2) is 50.0 Å². The Labute approximate surface area is 86.0 Å². The van der Waals surface area contributed by atoms with Crippen molar-refractivity contribution in [3.05, 3.63) is 0 Å². The fourth-order valence-corrected chi connectivity index (χ4v) is 2.79. The predicted octanol–water partition coefficient (Wildman–Crippen LogP) is 0.727. The summed E-state index contributed by atoms with van der Waals surface area (Å²) < 4.78 is 5.35. The first-order chi connectivity index (χ1) is 6.77. The molecule has 0 spiro atoms. The fraction of sp³-hybridized carbons (Fsp3) is 1.00. The van der Waals surface area contributed by atoms with Gasteiger partial charge < -0.3 is 14.7 Å². The Bertz CT molecular complexity index is 184. The topological polar surface area (TPSA) is 32.7 Å². The quantitative estimate of drug-likeness (QED) is 0.727. The second-order valence-corrected chi connectivity index (χ2v) is 4.91. The minimum atomic E-state index is 0.315. The van der Waals surface area contributed by atoms with Gasteiger partial charge in [0.05, 0.1) is 13.2 Å². The largest absolute Gasteiger partial charge is 0.396 e. The van der Waals surface area contributed by atoms with Crippen LogP contribution in [0.25, 0.3) is 0 Å². The van der Waals surface area contributed by atoms with Crippen molar-refractivity contribution in [1.29, 1.82) is 0 Å². The van der Waals surface area contributed by atoms with Gasteiger partial charge in [0, 0.05) is 12.0 Å². The zero-order chi connectivity index (χ0) is 10.0. The second kappa shape index (κ2) is 4.17. The predicted molar refractivity (Wildman–Crippen MR) is 55.2 cm³/mol. The van der Waals surface area contributed by atoms with Gasteiger partial charge in [-0.1, -0.05) is 0 Å². The number of rotatable bonds is 3. The van der Waals surface area contributed by atoms with Crippen molar-refractivity contribution in [3.63, 3.8) is 0 Å². The van der Waals surface area contributed by atoms with Crippen LogP contribution in [0.4, 0.5) is 0 Å². The van der Waals surface area contributed by atoms with Crippen molar-refractivity contribution in [3.8, 4) is 0 Å². The zero-order valence-corrected chi connectivity index (χ0v) is 9.04. The number of nitrogens with zero attached hydrogens (tertiary/aromatic N) is 1. The first-order valence-electron chi connectivity index (χ1n) is 5.64. The van der Waals surface area contributed by atoms with Gasteiger partial charge in [0.2, 0.25) is 0 Å². The molecule has 82 valence electrons. The molecule has 2 aliphatic heterocycles. The molecule has 0 aromatic heterocycles. The lowest BCUT2D eigenvalue weighted by atomic mass is 9.67. The van der Waals surface area contributed by atoms with E-state index < -0.39 is 0 Å². The van der Waals surface area contributed by atoms with E-state index in [1.54, 1.807) is 0 Å². The zero-order valence-electron chi connectivity index (χ0n) is 9.04. The maximum atomic E-state index is 9.08. The molecule has 0 aliphatic carbocycles. The minimum Gasteiger partial charge on any atom is -0.396 e. The highest BCUT2D eigenvalue weighted by Gasteiger charge is 2.45. The Morgan fingerprint density at radius 1 is 1.36 bits per heavy atom. The normalized spacial score (nSPS) is 28.7. The van der Waals surface area contributed by atoms with Crippen LogP contribution in [0.5, 0.6) is 0 Å². The van der Waals surface area contributed by atoms with Crippen molar-refractivity contribution in [1.82, 2.24) is 4.90 Å². The maximum Gasteiger partial charge on any atom is 0.0548 e. The molecular formula is C11H21NO2. The monoisotopic (exact) mass is 199 g/mol. The highest BCUT2D eigenvalue weighted by molar-refractivity contribution is 4.93. The summed E-state index contributed by atoms with van der Waals surface area (Å²) in [5, 5.41) is 9.08. The molecule has 3 heteroatoms. The second-order valence-electron chi connectivity index (χ2n) is 4.91. The third kappa shape index (κ3) is 1.81. The van der Waals surface area contributed by atoms with Crippen molar-refractivity contribution in [2.75, 3.05) is 40.0 Å². The molecular weight excluding hydrogens is 178 g/mol. The number of hydrogen-bond acceptors (Lipinski definition) is 3. The van der Waals surface area contributed by atoms with Gasteiger partial charge in [0.1, 0.15) is 0 Å². The van der Waals surface area contributed by atoms with E-state index in [1.807, 2.05) is 0 Å². The number of aliphatic hydroxyl groups excluding tert-OH is 1. The summed E-state index contributed by atoms with van der Waals surface area (Å²) in [4.78, 5) is 2.39. The van der Waals surface area contributed by atoms with Crippen LogP contribution < -0.4 is 0 Å². The van der Waals surface area contributed by atoms with E-state index in [9.17, 15) is 0 Å². The van der Waals surface area contributed by atoms with E-state index in [0.29, 0.717) is 12.0 Å². The van der Waals surface area contributed by atoms with Gasteiger partial charge in [-0.15, -0.1) is 0 Å². The standard InChI is InChI=1S/C11H21NO2/c1-12-5-2-10(3-6-12)11(4-7-13)8-14-9-11/h10,13H,2-9H2,1H3. The summed E-state index contributed by atoms with van der Waals surface area (Å²) in [7, 11) is 2.19. The van der Waals surface area contributed by atoms with Crippen LogP contribution in [-0.2, 0) is 4.74 Å². The number of likely N-dealkylation sites (tertiary alicyclic amines) is 1. The highest BCUT2D eigenvalue weighted by Crippen LogP contribution is 2.43. The van der Waals surface area contributed by atoms with Gasteiger partial charge >= 0.3 is 0 Å². The molecule has 2 fully saturated rings. The number of ether oxygens (including phenoxy) is 1. The highest BCUT2D eigenvalue weighted by atomic mass is 16.5. The van der Waals surface area contributed by atoms with E-state index in [-0.39, 0.29) is 0 Å². The van der Waals surface area contributed by atoms with E-state index >= 15 is 0 Å². The molecule has 0 aromatic carbocycles. The summed E-state index contributed by atoms with van der Waals surface area (Å²) in [5.74, 6) is 0.777. The van der Waals surface area contributed by atoms with Gasteiger partial charge in [-0.3, -0.25) is 0 Å². The van der Waals surface area contributed by atoms with Gasteiger partial charge in [-0.25, -0.2) is 0 Å². The molecule has 14 heavy (non-hydrogen) atoms. The van der Waals surface area contributed by atoms with Gasteiger partial charge in [-0.05, 0) is 45.3 Å². The molecule has 2 saturated heterocycles. The van der Waals surface area contributed by atoms with Gasteiger partial charge in [0.15, 0.2) is 0 Å². The molecule has 1 N–H and O–H groups in total. The molecule has 0 aromatic rings. The molecule has 0 saturated carbocycles. The number of hydrogen-bond donors (Lipinski definition) is 1. The summed E-state index contributed by atoms with van der Waals surface area (Å²) in [6.07, 6.45) is 3.49. The summed E-state index contributed by atoms with van der Waals surface area (Å²) in [6.45, 7) is 4.48. The Morgan fingerprint density at radius 2 is 2.00 bits per heavy atom. The summed E-state index contributed by atoms with van der Waals surface area (Å²) in [6, 6.07) is 0. The molecule has 0 radical (unpaired) electrons. The Balaban J connectivity index is 1.91. The smallest absolute Gasteiger partial charge is 0.0548 e. The lowest BCUT2D eigenvalue weighted by Gasteiger charge is -2.49. The van der Waals surface area contributed by atoms with Crippen LogP contribution >= 0.6 is 0 Å². The van der Waals surface area contributed by atoms with Gasteiger partial charge in [-0.2, -0.15) is 0 Å². The van der Waals surface area contributed by atoms with E-state index in [1.165, 1.54) is 25.9 Å². The van der Waals surface area contributed by atoms with Gasteiger partial charge in [0.25, 0.3) is 0 Å². The van der Waals surface area contributed by atoms with Crippen LogP contribution in [0.3, 0.4) is 0 Å². The molecule has 0 unspecified atom stereocenters. The Kier molecular flexibility index (Phi) is 3.10. The van der Waals surface area contributed by atoms with Crippen LogP contribution in [0.2, 0.25) is 0 Å². The van der Waals surface area contributed by atoms with Crippen molar-refractivity contribution < 1.29 is 9.84 Å². The van der Waals surface area contributed by atoms with Crippen molar-refractivity contribution in [2.45, 2.75) is 19.3 Å². The van der Waals surface area contributed by atoms with Crippen molar-refractivity contribution in [2.24, 2.45) is 11.3 Å². The van der Waals surface area contributed by atoms with E-state index in [0.717, 1.165) is 25.6 Å². The Morgan fingerprint density at radius 3 is 2.43 bits per heavy atom. The van der Waals surface area contributed by atoms with Crippen molar-refractivity contribution >= 4 is 0 Å². The SMILES string of the molecule is CN1CCC(C2(CCO)COC2)CC1. The fourth-order valence-electron chi connectivity index (χ4n) is 2.79. The number of aliphatic hydroxyl groups is 1. The molecule has 0 bridgehead atoms. The van der Waals surface area contributed by atoms with Crippen LogP contribution in [0.1, 0.15) is 19.3 Å². The summed E-state index contributed by atoms with van der Waals surface area (Å²) >= 11 is 0. The van der Waals surface area contributed by atoms with E-state index in [4.69, 9.17) is 9.84 Å². The maximum absolute atomic E-state index is 9.08. The Hall–Kier alpha value is -0.120. The molecule has 0 amide bonds. The lowest BCUT2D eigenvalue weighted by Crippen LogP contribution is -2.51. The average molecular weight is 199 g/mol.